The van der Waals surface area contributed by atoms with Gasteiger partial charge in [-0.3, -0.25) is 9.59 Å². The highest BCUT2D eigenvalue weighted by Gasteiger charge is 2.16. The van der Waals surface area contributed by atoms with E-state index in [0.717, 1.165) is 0 Å². The van der Waals surface area contributed by atoms with Crippen LogP contribution in [-0.4, -0.2) is 69.3 Å². The molecule has 7 nitrogen and oxygen atoms in total. The molecule has 0 radical (unpaired) electrons. The number of hydrogen-bond acceptors (Lipinski definition) is 5. The van der Waals surface area contributed by atoms with Crippen molar-refractivity contribution in [2.75, 3.05) is 52.6 Å². The molecule has 0 atom stereocenters. The molecule has 1 heterocycles. The van der Waals surface area contributed by atoms with Gasteiger partial charge in [-0.2, -0.15) is 0 Å². The maximum atomic E-state index is 11.7. The molecule has 1 rings (SSSR count). The van der Waals surface area contributed by atoms with Crippen LogP contribution in [0.3, 0.4) is 0 Å². The number of carbonyl (C=O) groups excluding carboxylic acids is 2. The number of ether oxygens (including phenoxy) is 2. The summed E-state index contributed by atoms with van der Waals surface area (Å²) in [5.41, 5.74) is 5.22. The normalized spacial score (nSPS) is 15.5. The first kappa shape index (κ1) is 14.9. The molecule has 0 aromatic rings. The minimum atomic E-state index is -0.224. The highest BCUT2D eigenvalue weighted by atomic mass is 16.5. The van der Waals surface area contributed by atoms with Crippen LogP contribution in [0.15, 0.2) is 0 Å². The van der Waals surface area contributed by atoms with Crippen LogP contribution in [0.5, 0.6) is 0 Å². The van der Waals surface area contributed by atoms with E-state index in [1.54, 1.807) is 4.90 Å². The van der Waals surface area contributed by atoms with Gasteiger partial charge >= 0.3 is 0 Å². The van der Waals surface area contributed by atoms with E-state index in [0.29, 0.717) is 52.4 Å². The van der Waals surface area contributed by atoms with Crippen molar-refractivity contribution in [3.05, 3.63) is 0 Å². The van der Waals surface area contributed by atoms with Crippen LogP contribution in [0.2, 0.25) is 0 Å². The molecule has 0 aromatic carbocycles. The smallest absolute Gasteiger partial charge is 0.246 e. The molecule has 0 bridgehead atoms. The second-order valence-corrected chi connectivity index (χ2v) is 3.93. The molecule has 0 unspecified atom stereocenters. The van der Waals surface area contributed by atoms with Crippen LogP contribution in [0.4, 0.5) is 0 Å². The van der Waals surface area contributed by atoms with E-state index in [1.165, 1.54) is 0 Å². The average molecular weight is 259 g/mol. The molecular formula is C11H21N3O4. The molecule has 104 valence electrons. The summed E-state index contributed by atoms with van der Waals surface area (Å²) >= 11 is 0. The molecule has 1 saturated heterocycles. The van der Waals surface area contributed by atoms with Gasteiger partial charge in [-0.1, -0.05) is 0 Å². The molecule has 1 fully saturated rings. The van der Waals surface area contributed by atoms with Gasteiger partial charge in [0, 0.05) is 32.6 Å². The molecule has 7 heteroatoms. The van der Waals surface area contributed by atoms with Crippen LogP contribution in [0.25, 0.3) is 0 Å². The Morgan fingerprint density at radius 3 is 2.72 bits per heavy atom. The van der Waals surface area contributed by atoms with Crippen molar-refractivity contribution in [2.24, 2.45) is 5.73 Å². The topological polar surface area (TPSA) is 93.9 Å². The zero-order valence-corrected chi connectivity index (χ0v) is 10.5. The van der Waals surface area contributed by atoms with Crippen molar-refractivity contribution in [2.45, 2.75) is 6.42 Å². The second-order valence-electron chi connectivity index (χ2n) is 3.93. The van der Waals surface area contributed by atoms with Gasteiger partial charge < -0.3 is 25.4 Å². The fourth-order valence-corrected chi connectivity index (χ4v) is 1.58. The Morgan fingerprint density at radius 1 is 1.33 bits per heavy atom. The van der Waals surface area contributed by atoms with Crippen molar-refractivity contribution >= 4 is 11.8 Å². The van der Waals surface area contributed by atoms with Crippen LogP contribution in [0, 0.1) is 0 Å². The van der Waals surface area contributed by atoms with Crippen molar-refractivity contribution < 1.29 is 19.1 Å². The molecule has 3 N–H and O–H groups in total. The lowest BCUT2D eigenvalue weighted by molar-refractivity contribution is -0.135. The maximum absolute atomic E-state index is 11.7. The van der Waals surface area contributed by atoms with E-state index >= 15 is 0 Å². The van der Waals surface area contributed by atoms with Gasteiger partial charge in [-0.05, 0) is 0 Å². The number of carbonyl (C=O) groups is 2. The molecule has 0 spiro atoms. The summed E-state index contributed by atoms with van der Waals surface area (Å²) in [5, 5.41) is 2.63. The molecule has 1 aliphatic rings. The third-order valence-electron chi connectivity index (χ3n) is 2.52. The lowest BCUT2D eigenvalue weighted by atomic mass is 10.3. The van der Waals surface area contributed by atoms with Crippen LogP contribution in [0.1, 0.15) is 6.42 Å². The van der Waals surface area contributed by atoms with Crippen LogP contribution >= 0.6 is 0 Å². The zero-order chi connectivity index (χ0) is 13.2. The lowest BCUT2D eigenvalue weighted by Gasteiger charge is -2.26. The summed E-state index contributed by atoms with van der Waals surface area (Å²) in [7, 11) is 0. The summed E-state index contributed by atoms with van der Waals surface area (Å²) in [6.45, 7) is 3.52. The van der Waals surface area contributed by atoms with Crippen LogP contribution in [-0.2, 0) is 19.1 Å². The fraction of sp³-hybridized carbons (Fsp3) is 0.818. The first-order chi connectivity index (χ1) is 8.74. The third-order valence-corrected chi connectivity index (χ3v) is 2.52. The van der Waals surface area contributed by atoms with Gasteiger partial charge in [0.25, 0.3) is 0 Å². The van der Waals surface area contributed by atoms with E-state index < -0.39 is 0 Å². The van der Waals surface area contributed by atoms with Gasteiger partial charge in [0.1, 0.15) is 6.61 Å². The molecule has 2 amide bonds. The van der Waals surface area contributed by atoms with Gasteiger partial charge in [-0.15, -0.1) is 0 Å². The Morgan fingerprint density at radius 2 is 2.06 bits per heavy atom. The Bertz CT molecular complexity index is 267. The predicted molar refractivity (Wildman–Crippen MR) is 64.9 cm³/mol. The van der Waals surface area contributed by atoms with Gasteiger partial charge in [0.2, 0.25) is 11.8 Å². The minimum absolute atomic E-state index is 0.0110. The number of nitrogens with one attached hydrogen (secondary N) is 1. The van der Waals surface area contributed by atoms with Crippen molar-refractivity contribution in [1.82, 2.24) is 10.2 Å². The first-order valence-electron chi connectivity index (χ1n) is 6.14. The van der Waals surface area contributed by atoms with Crippen molar-refractivity contribution in [3.63, 3.8) is 0 Å². The SMILES string of the molecule is NCCOCC(=O)NCCC(=O)N1CCOCC1. The average Bonchev–Trinajstić information content (AvgIpc) is 2.40. The number of hydrogen-bond donors (Lipinski definition) is 2. The van der Waals surface area contributed by atoms with Crippen molar-refractivity contribution in [1.29, 1.82) is 0 Å². The fourth-order valence-electron chi connectivity index (χ4n) is 1.58. The van der Waals surface area contributed by atoms with E-state index in [9.17, 15) is 9.59 Å². The lowest BCUT2D eigenvalue weighted by Crippen LogP contribution is -2.42. The maximum Gasteiger partial charge on any atom is 0.246 e. The number of morpholine rings is 1. The zero-order valence-electron chi connectivity index (χ0n) is 10.5. The Labute approximate surface area is 107 Å². The standard InChI is InChI=1S/C11H21N3O4/c12-2-6-18-9-10(15)13-3-1-11(16)14-4-7-17-8-5-14/h1-9,12H2,(H,13,15). The summed E-state index contributed by atoms with van der Waals surface area (Å²) in [6.07, 6.45) is 0.308. The van der Waals surface area contributed by atoms with E-state index in [4.69, 9.17) is 15.2 Å². The molecule has 0 saturated carbocycles. The summed E-state index contributed by atoms with van der Waals surface area (Å²) in [4.78, 5) is 24.7. The molecule has 0 aromatic heterocycles. The molecular weight excluding hydrogens is 238 g/mol. The summed E-state index contributed by atoms with van der Waals surface area (Å²) in [5.74, 6) is -0.181. The number of nitrogens with two attached hydrogens (primary N) is 1. The highest BCUT2D eigenvalue weighted by molar-refractivity contribution is 5.79. The van der Waals surface area contributed by atoms with Crippen LogP contribution < -0.4 is 11.1 Å². The Balaban J connectivity index is 2.05. The first-order valence-corrected chi connectivity index (χ1v) is 6.14. The molecule has 1 aliphatic heterocycles. The minimum Gasteiger partial charge on any atom is -0.378 e. The predicted octanol–water partition coefficient (Wildman–Crippen LogP) is -1.67. The van der Waals surface area contributed by atoms with Crippen molar-refractivity contribution in [3.8, 4) is 0 Å². The number of nitrogens with zero attached hydrogens (tertiary/aromatic N) is 1. The Hall–Kier alpha value is -1.18. The largest absolute Gasteiger partial charge is 0.378 e. The monoisotopic (exact) mass is 259 g/mol. The van der Waals surface area contributed by atoms with E-state index in [2.05, 4.69) is 5.32 Å². The van der Waals surface area contributed by atoms with Gasteiger partial charge in [0.05, 0.1) is 19.8 Å². The number of amides is 2. The molecule has 0 aliphatic carbocycles. The van der Waals surface area contributed by atoms with E-state index in [1.807, 2.05) is 0 Å². The highest BCUT2D eigenvalue weighted by Crippen LogP contribution is 1.99. The van der Waals surface area contributed by atoms with Gasteiger partial charge in [-0.25, -0.2) is 0 Å². The quantitative estimate of drug-likeness (QED) is 0.533. The van der Waals surface area contributed by atoms with Gasteiger partial charge in [0.15, 0.2) is 0 Å². The number of rotatable bonds is 7. The molecule has 18 heavy (non-hydrogen) atoms. The second kappa shape index (κ2) is 8.84. The summed E-state index contributed by atoms with van der Waals surface area (Å²) < 4.78 is 10.1. The summed E-state index contributed by atoms with van der Waals surface area (Å²) in [6, 6.07) is 0. The third kappa shape index (κ3) is 5.95. The van der Waals surface area contributed by atoms with E-state index in [-0.39, 0.29) is 18.4 Å². The Kier molecular flexibility index (Phi) is 7.31.